The largest absolute Gasteiger partial charge is 0.508 e. The molecule has 0 bridgehead atoms. The van der Waals surface area contributed by atoms with Crippen LogP contribution in [0.5, 0.6) is 5.75 Å². The van der Waals surface area contributed by atoms with Crippen molar-refractivity contribution in [2.75, 3.05) is 26.2 Å². The molecule has 3 aromatic rings. The summed E-state index contributed by atoms with van der Waals surface area (Å²) in [5.74, 6) is 0.917. The minimum Gasteiger partial charge on any atom is -0.508 e. The molecule has 2 saturated heterocycles. The molecule has 0 saturated carbocycles. The van der Waals surface area contributed by atoms with Crippen LogP contribution in [0, 0.1) is 0 Å². The summed E-state index contributed by atoms with van der Waals surface area (Å²) in [6, 6.07) is 14.2. The molecule has 0 atom stereocenters. The molecule has 5 heteroatoms. The van der Waals surface area contributed by atoms with Gasteiger partial charge >= 0.3 is 0 Å². The molecule has 2 aliphatic rings. The monoisotopic (exact) mass is 391 g/mol. The van der Waals surface area contributed by atoms with E-state index in [0.717, 1.165) is 47.9 Å². The SMILES string of the molecule is Oc1ccc2oc(-c3ccccc3)nc2c1CN1CCC(N2CCCCC2)CC1. The zero-order valence-electron chi connectivity index (χ0n) is 16.9. The van der Waals surface area contributed by atoms with E-state index < -0.39 is 0 Å². The molecule has 0 amide bonds. The van der Waals surface area contributed by atoms with Crippen molar-refractivity contribution in [1.82, 2.24) is 14.8 Å². The Labute approximate surface area is 172 Å². The van der Waals surface area contributed by atoms with Crippen LogP contribution in [-0.4, -0.2) is 52.1 Å². The molecule has 0 unspecified atom stereocenters. The summed E-state index contributed by atoms with van der Waals surface area (Å²) in [5, 5.41) is 10.6. The van der Waals surface area contributed by atoms with Crippen LogP contribution in [0.15, 0.2) is 46.9 Å². The van der Waals surface area contributed by atoms with Crippen molar-refractivity contribution >= 4 is 11.1 Å². The Morgan fingerprint density at radius 3 is 2.45 bits per heavy atom. The first kappa shape index (κ1) is 18.6. The standard InChI is InChI=1S/C24H29N3O2/c28-21-9-10-22-23(25-24(29-22)18-7-3-1-4-8-18)20(21)17-26-15-11-19(12-16-26)27-13-5-2-6-14-27/h1,3-4,7-10,19,28H,2,5-6,11-17H2. The quantitative estimate of drug-likeness (QED) is 0.702. The van der Waals surface area contributed by atoms with E-state index in [-0.39, 0.29) is 0 Å². The lowest BCUT2D eigenvalue weighted by molar-refractivity contribution is 0.0895. The van der Waals surface area contributed by atoms with Gasteiger partial charge in [0.15, 0.2) is 5.58 Å². The predicted octanol–water partition coefficient (Wildman–Crippen LogP) is 4.65. The number of hydrogen-bond donors (Lipinski definition) is 1. The fourth-order valence-electron chi connectivity index (χ4n) is 4.85. The van der Waals surface area contributed by atoms with Crippen LogP contribution in [0.25, 0.3) is 22.6 Å². The maximum Gasteiger partial charge on any atom is 0.227 e. The number of aromatic hydroxyl groups is 1. The first-order valence-electron chi connectivity index (χ1n) is 10.9. The molecule has 0 aliphatic carbocycles. The molecule has 5 nitrogen and oxygen atoms in total. The zero-order valence-corrected chi connectivity index (χ0v) is 16.9. The second-order valence-corrected chi connectivity index (χ2v) is 8.40. The van der Waals surface area contributed by atoms with Gasteiger partial charge in [-0.05, 0) is 76.1 Å². The predicted molar refractivity (Wildman–Crippen MR) is 115 cm³/mol. The third-order valence-corrected chi connectivity index (χ3v) is 6.51. The van der Waals surface area contributed by atoms with E-state index in [1.54, 1.807) is 6.07 Å². The molecule has 3 heterocycles. The first-order chi connectivity index (χ1) is 14.3. The third kappa shape index (κ3) is 3.89. The Morgan fingerprint density at radius 1 is 0.931 bits per heavy atom. The number of benzene rings is 2. The lowest BCUT2D eigenvalue weighted by atomic mass is 9.99. The number of aromatic nitrogens is 1. The minimum atomic E-state index is 0.309. The third-order valence-electron chi connectivity index (χ3n) is 6.51. The van der Waals surface area contributed by atoms with Gasteiger partial charge < -0.3 is 14.4 Å². The number of phenolic OH excluding ortho intramolecular Hbond substituents is 1. The Kier molecular flexibility index (Phi) is 5.25. The second kappa shape index (κ2) is 8.17. The van der Waals surface area contributed by atoms with Crippen LogP contribution < -0.4 is 0 Å². The zero-order chi connectivity index (χ0) is 19.6. The highest BCUT2D eigenvalue weighted by Gasteiger charge is 2.26. The van der Waals surface area contributed by atoms with Crippen molar-refractivity contribution in [3.63, 3.8) is 0 Å². The Bertz CT molecular complexity index is 955. The van der Waals surface area contributed by atoms with Crippen LogP contribution in [0.2, 0.25) is 0 Å². The normalized spacial score (nSPS) is 19.7. The average molecular weight is 392 g/mol. The number of oxazole rings is 1. The Morgan fingerprint density at radius 2 is 1.69 bits per heavy atom. The average Bonchev–Trinajstić information content (AvgIpc) is 3.22. The maximum atomic E-state index is 10.6. The van der Waals surface area contributed by atoms with Gasteiger partial charge in [0.25, 0.3) is 0 Å². The summed E-state index contributed by atoms with van der Waals surface area (Å²) in [6.45, 7) is 5.40. The maximum absolute atomic E-state index is 10.6. The molecular formula is C24H29N3O2. The number of likely N-dealkylation sites (tertiary alicyclic amines) is 2. The van der Waals surface area contributed by atoms with Crippen molar-refractivity contribution in [2.45, 2.75) is 44.7 Å². The number of fused-ring (bicyclic) bond motifs is 1. The summed E-state index contributed by atoms with van der Waals surface area (Å²) < 4.78 is 5.99. The van der Waals surface area contributed by atoms with Crippen molar-refractivity contribution in [3.05, 3.63) is 48.0 Å². The van der Waals surface area contributed by atoms with Crippen LogP contribution >= 0.6 is 0 Å². The molecule has 152 valence electrons. The van der Waals surface area contributed by atoms with E-state index in [2.05, 4.69) is 9.80 Å². The van der Waals surface area contributed by atoms with Crippen molar-refractivity contribution < 1.29 is 9.52 Å². The summed E-state index contributed by atoms with van der Waals surface area (Å²) in [7, 11) is 0. The first-order valence-corrected chi connectivity index (χ1v) is 10.9. The van der Waals surface area contributed by atoms with Gasteiger partial charge in [-0.1, -0.05) is 24.6 Å². The molecule has 2 fully saturated rings. The molecule has 5 rings (SSSR count). The molecule has 1 aromatic heterocycles. The summed E-state index contributed by atoms with van der Waals surface area (Å²) in [5.41, 5.74) is 3.35. The van der Waals surface area contributed by atoms with Crippen LogP contribution in [0.4, 0.5) is 0 Å². The van der Waals surface area contributed by atoms with Crippen molar-refractivity contribution in [2.24, 2.45) is 0 Å². The van der Waals surface area contributed by atoms with Gasteiger partial charge in [0.05, 0.1) is 0 Å². The molecule has 29 heavy (non-hydrogen) atoms. The molecule has 0 radical (unpaired) electrons. The van der Waals surface area contributed by atoms with E-state index in [1.807, 2.05) is 36.4 Å². The van der Waals surface area contributed by atoms with E-state index in [9.17, 15) is 5.11 Å². The molecule has 2 aliphatic heterocycles. The Balaban J connectivity index is 1.32. The summed E-state index contributed by atoms with van der Waals surface area (Å²) >= 11 is 0. The number of piperidine rings is 2. The van der Waals surface area contributed by atoms with Gasteiger partial charge in [0.1, 0.15) is 11.3 Å². The number of phenols is 1. The van der Waals surface area contributed by atoms with Crippen LogP contribution in [0.3, 0.4) is 0 Å². The van der Waals surface area contributed by atoms with Gasteiger partial charge in [0, 0.05) is 23.7 Å². The second-order valence-electron chi connectivity index (χ2n) is 8.40. The number of rotatable bonds is 4. The summed E-state index contributed by atoms with van der Waals surface area (Å²) in [6.07, 6.45) is 6.52. The molecule has 1 N–H and O–H groups in total. The van der Waals surface area contributed by atoms with Crippen LogP contribution in [0.1, 0.15) is 37.7 Å². The van der Waals surface area contributed by atoms with E-state index in [4.69, 9.17) is 9.40 Å². The lowest BCUT2D eigenvalue weighted by Crippen LogP contribution is -2.46. The Hall–Kier alpha value is -2.37. The van der Waals surface area contributed by atoms with Gasteiger partial charge in [-0.15, -0.1) is 0 Å². The molecule has 2 aromatic carbocycles. The molecule has 0 spiro atoms. The minimum absolute atomic E-state index is 0.309. The number of hydrogen-bond acceptors (Lipinski definition) is 5. The van der Waals surface area contributed by atoms with E-state index >= 15 is 0 Å². The topological polar surface area (TPSA) is 52.7 Å². The van der Waals surface area contributed by atoms with E-state index in [0.29, 0.717) is 11.6 Å². The fraction of sp³-hybridized carbons (Fsp3) is 0.458. The van der Waals surface area contributed by atoms with Gasteiger partial charge in [-0.25, -0.2) is 4.98 Å². The van der Waals surface area contributed by atoms with E-state index in [1.165, 1.54) is 45.2 Å². The highest BCUT2D eigenvalue weighted by Crippen LogP contribution is 2.32. The highest BCUT2D eigenvalue weighted by molar-refractivity contribution is 5.81. The highest BCUT2D eigenvalue weighted by atomic mass is 16.3. The summed E-state index contributed by atoms with van der Waals surface area (Å²) in [4.78, 5) is 9.88. The van der Waals surface area contributed by atoms with Crippen molar-refractivity contribution in [3.8, 4) is 17.2 Å². The van der Waals surface area contributed by atoms with Gasteiger partial charge in [-0.3, -0.25) is 4.90 Å². The van der Waals surface area contributed by atoms with Gasteiger partial charge in [-0.2, -0.15) is 0 Å². The van der Waals surface area contributed by atoms with Crippen molar-refractivity contribution in [1.29, 1.82) is 0 Å². The fourth-order valence-corrected chi connectivity index (χ4v) is 4.85. The molecular weight excluding hydrogens is 362 g/mol. The smallest absolute Gasteiger partial charge is 0.227 e. The van der Waals surface area contributed by atoms with Crippen LogP contribution in [-0.2, 0) is 6.54 Å². The lowest BCUT2D eigenvalue weighted by Gasteiger charge is -2.40. The van der Waals surface area contributed by atoms with Gasteiger partial charge in [0.2, 0.25) is 5.89 Å². The number of nitrogens with zero attached hydrogens (tertiary/aromatic N) is 3.